The van der Waals surface area contributed by atoms with Gasteiger partial charge in [-0.15, -0.1) is 0 Å². The molecule has 3 aromatic carbocycles. The van der Waals surface area contributed by atoms with Gasteiger partial charge in [0.25, 0.3) is 5.91 Å². The molecule has 49 heavy (non-hydrogen) atoms. The molecule has 1 N–H and O–H groups in total. The van der Waals surface area contributed by atoms with Crippen LogP contribution >= 0.6 is 0 Å². The van der Waals surface area contributed by atoms with Crippen LogP contribution in [0.25, 0.3) is 22.2 Å². The number of hydrogen-bond acceptors (Lipinski definition) is 5. The molecule has 8 heteroatoms. The van der Waals surface area contributed by atoms with E-state index in [1.165, 1.54) is 48.6 Å². The van der Waals surface area contributed by atoms with E-state index in [2.05, 4.69) is 67.1 Å². The van der Waals surface area contributed by atoms with Crippen molar-refractivity contribution in [1.29, 1.82) is 0 Å². The van der Waals surface area contributed by atoms with Gasteiger partial charge in [-0.1, -0.05) is 49.6 Å². The van der Waals surface area contributed by atoms with E-state index < -0.39 is 12.0 Å². The van der Waals surface area contributed by atoms with E-state index in [4.69, 9.17) is 14.2 Å². The van der Waals surface area contributed by atoms with Crippen LogP contribution in [0.5, 0.6) is 11.5 Å². The van der Waals surface area contributed by atoms with Crippen LogP contribution in [0.3, 0.4) is 0 Å². The number of nitrogens with one attached hydrogen (secondary N) is 1. The molecule has 1 saturated carbocycles. The maximum absolute atomic E-state index is 13.9. The van der Waals surface area contributed by atoms with Crippen LogP contribution < -0.4 is 14.8 Å². The van der Waals surface area contributed by atoms with E-state index >= 15 is 0 Å². The van der Waals surface area contributed by atoms with Crippen molar-refractivity contribution < 1.29 is 28.3 Å². The van der Waals surface area contributed by atoms with Crippen molar-refractivity contribution in [1.82, 2.24) is 9.88 Å². The second kappa shape index (κ2) is 15.1. The van der Waals surface area contributed by atoms with Crippen LogP contribution in [0, 0.1) is 0 Å². The minimum atomic E-state index is -0.812. The third kappa shape index (κ3) is 7.07. The van der Waals surface area contributed by atoms with Crippen molar-refractivity contribution in [3.8, 4) is 22.8 Å². The molecule has 6 rings (SSSR count). The summed E-state index contributed by atoms with van der Waals surface area (Å²) < 4.78 is 20.3. The quantitative estimate of drug-likeness (QED) is 0.124. The van der Waals surface area contributed by atoms with Crippen molar-refractivity contribution >= 4 is 22.8 Å². The van der Waals surface area contributed by atoms with Gasteiger partial charge in [0, 0.05) is 40.1 Å². The average molecular weight is 667 g/mol. The van der Waals surface area contributed by atoms with Gasteiger partial charge < -0.3 is 28.6 Å². The number of nitrogens with zero attached hydrogens (tertiary/aromatic N) is 2. The average Bonchev–Trinajstić information content (AvgIpc) is 3.35. The highest BCUT2D eigenvalue weighted by atomic mass is 16.5. The zero-order valence-corrected chi connectivity index (χ0v) is 29.8. The van der Waals surface area contributed by atoms with Gasteiger partial charge in [0.05, 0.1) is 46.1 Å². The lowest BCUT2D eigenvalue weighted by Crippen LogP contribution is -2.46. The van der Waals surface area contributed by atoms with Crippen molar-refractivity contribution in [2.45, 2.75) is 84.3 Å². The van der Waals surface area contributed by atoms with Crippen molar-refractivity contribution in [2.75, 3.05) is 40.5 Å². The molecule has 1 amide bonds. The Balaban J connectivity index is 1.30. The number of amides is 1. The number of methoxy groups -OCH3 is 2. The van der Waals surface area contributed by atoms with E-state index in [0.29, 0.717) is 31.1 Å². The molecule has 4 aromatic rings. The van der Waals surface area contributed by atoms with Crippen molar-refractivity contribution in [3.63, 3.8) is 0 Å². The van der Waals surface area contributed by atoms with Gasteiger partial charge in [-0.2, -0.15) is 0 Å². The molecule has 2 heterocycles. The second-order valence-electron chi connectivity index (χ2n) is 13.7. The first-order valence-electron chi connectivity index (χ1n) is 18.1. The summed E-state index contributed by atoms with van der Waals surface area (Å²) in [4.78, 5) is 26.8. The van der Waals surface area contributed by atoms with Gasteiger partial charge in [-0.3, -0.25) is 4.79 Å². The van der Waals surface area contributed by atoms with Gasteiger partial charge in [0.2, 0.25) is 0 Å². The summed E-state index contributed by atoms with van der Waals surface area (Å²) in [7, 11) is 3.04. The van der Waals surface area contributed by atoms with Crippen LogP contribution in [-0.4, -0.2) is 67.4 Å². The lowest BCUT2D eigenvalue weighted by atomic mass is 9.81. The topological polar surface area (TPSA) is 78.8 Å². The Bertz CT molecular complexity index is 1770. The van der Waals surface area contributed by atoms with Gasteiger partial charge >= 0.3 is 5.97 Å². The highest BCUT2D eigenvalue weighted by Gasteiger charge is 2.31. The molecule has 1 aliphatic carbocycles. The molecule has 260 valence electrons. The van der Waals surface area contributed by atoms with E-state index in [1.807, 2.05) is 24.3 Å². The summed E-state index contributed by atoms with van der Waals surface area (Å²) in [5.74, 6) is 1.27. The number of carbonyl (C=O) groups excluding carboxylic acids is 2. The summed E-state index contributed by atoms with van der Waals surface area (Å²) in [5.41, 5.74) is 7.36. The molecular weight excluding hydrogens is 614 g/mol. The number of rotatable bonds is 12. The van der Waals surface area contributed by atoms with Gasteiger partial charge in [-0.25, -0.2) is 4.79 Å². The fourth-order valence-corrected chi connectivity index (χ4v) is 8.02. The first-order valence-corrected chi connectivity index (χ1v) is 18.1. The largest absolute Gasteiger partial charge is 0.497 e. The second-order valence-corrected chi connectivity index (χ2v) is 13.7. The van der Waals surface area contributed by atoms with Crippen LogP contribution in [0.15, 0.2) is 60.7 Å². The Kier molecular flexibility index (Phi) is 10.6. The monoisotopic (exact) mass is 666 g/mol. The number of aromatic nitrogens is 1. The normalized spacial score (nSPS) is 15.4. The summed E-state index contributed by atoms with van der Waals surface area (Å²) >= 11 is 0. The first-order chi connectivity index (χ1) is 23.8. The summed E-state index contributed by atoms with van der Waals surface area (Å²) in [6, 6.07) is 19.7. The number of ether oxygens (including phenoxy) is 3. The van der Waals surface area contributed by atoms with Gasteiger partial charge in [0.1, 0.15) is 30.7 Å². The highest BCUT2D eigenvalue weighted by molar-refractivity contribution is 6.02. The smallest absolute Gasteiger partial charge is 0.328 e. The van der Waals surface area contributed by atoms with Crippen LogP contribution in [0.4, 0.5) is 0 Å². The number of benzene rings is 3. The molecular formula is C41H52N3O5+. The van der Waals surface area contributed by atoms with E-state index in [0.717, 1.165) is 71.6 Å². The van der Waals surface area contributed by atoms with Crippen molar-refractivity contribution in [2.24, 2.45) is 0 Å². The van der Waals surface area contributed by atoms with Crippen LogP contribution in [0.1, 0.15) is 85.8 Å². The molecule has 0 bridgehead atoms. The summed E-state index contributed by atoms with van der Waals surface area (Å²) in [6.45, 7) is 12.1. The molecule has 0 saturated heterocycles. The highest BCUT2D eigenvalue weighted by Crippen LogP contribution is 2.47. The third-order valence-corrected chi connectivity index (χ3v) is 11.2. The van der Waals surface area contributed by atoms with E-state index in [1.54, 1.807) is 7.11 Å². The molecule has 1 fully saturated rings. The molecule has 1 aromatic heterocycles. The molecule has 2 aliphatic rings. The Hall–Kier alpha value is -4.30. The van der Waals surface area contributed by atoms with Crippen LogP contribution in [-0.2, 0) is 29.0 Å². The number of fused-ring (bicyclic) bond motifs is 5. The summed E-state index contributed by atoms with van der Waals surface area (Å²) in [6.07, 6.45) is 6.36. The van der Waals surface area contributed by atoms with Gasteiger partial charge in [-0.05, 0) is 74.9 Å². The Morgan fingerprint density at radius 3 is 2.31 bits per heavy atom. The SMILES string of the molecule is CC[N+](CC)(CC)Cc1ccc(CC(NC(=O)c2ccc3c(C4CCCCC4)c4n(c3c2)CCOc2cc(OC)ccc2-4)C(=O)OC)cc1. The number of esters is 1. The zero-order valence-electron chi connectivity index (χ0n) is 29.8. The zero-order chi connectivity index (χ0) is 34.5. The predicted octanol–water partition coefficient (Wildman–Crippen LogP) is 7.65. The Labute approximate surface area is 290 Å². The number of hydrogen-bond donors (Lipinski definition) is 1. The number of carbonyl (C=O) groups is 2. The lowest BCUT2D eigenvalue weighted by Gasteiger charge is -2.36. The maximum Gasteiger partial charge on any atom is 0.328 e. The molecule has 8 nitrogen and oxygen atoms in total. The van der Waals surface area contributed by atoms with E-state index in [9.17, 15) is 9.59 Å². The standard InChI is InChI=1S/C41H51N3O5/c1-6-44(7-2,8-3)27-29-16-14-28(15-17-29)24-35(41(46)48-5)42-40(45)31-18-20-33-36(25-31)43-22-23-49-37-26-32(47-4)19-21-34(37)39(43)38(33)30-12-10-9-11-13-30/h14-21,25-26,30,35H,6-13,22-24,27H2,1-5H3/p+1. The number of quaternary nitrogens is 1. The van der Waals surface area contributed by atoms with Gasteiger partial charge in [0.15, 0.2) is 0 Å². The lowest BCUT2D eigenvalue weighted by molar-refractivity contribution is -0.936. The van der Waals surface area contributed by atoms with E-state index in [-0.39, 0.29) is 5.91 Å². The minimum Gasteiger partial charge on any atom is -0.497 e. The first kappa shape index (κ1) is 34.6. The molecule has 0 radical (unpaired) electrons. The molecule has 1 atom stereocenters. The fourth-order valence-electron chi connectivity index (χ4n) is 8.02. The molecule has 1 unspecified atom stereocenters. The summed E-state index contributed by atoms with van der Waals surface area (Å²) in [5, 5.41) is 4.19. The Morgan fingerprint density at radius 1 is 0.918 bits per heavy atom. The Morgan fingerprint density at radius 2 is 1.63 bits per heavy atom. The minimum absolute atomic E-state index is 0.297. The third-order valence-electron chi connectivity index (χ3n) is 11.2. The maximum atomic E-state index is 13.9. The molecule has 1 aliphatic heterocycles. The molecule has 0 spiro atoms. The van der Waals surface area contributed by atoms with Crippen molar-refractivity contribution in [3.05, 3.63) is 82.9 Å². The van der Waals surface area contributed by atoms with Crippen LogP contribution in [0.2, 0.25) is 0 Å². The predicted molar refractivity (Wildman–Crippen MR) is 194 cm³/mol. The fraction of sp³-hybridized carbons (Fsp3) is 0.463.